The summed E-state index contributed by atoms with van der Waals surface area (Å²) in [6.45, 7) is 0. The largest absolute Gasteiger partial charge is 0.252 e. The van der Waals surface area contributed by atoms with Crippen molar-refractivity contribution in [3.05, 3.63) is 31.7 Å². The van der Waals surface area contributed by atoms with Crippen LogP contribution in [0, 0.1) is 0 Å². The molecule has 0 bridgehead atoms. The molecule has 0 aliphatic heterocycles. The summed E-state index contributed by atoms with van der Waals surface area (Å²) >= 11 is 6.41. The molecule has 1 heterocycles. The zero-order valence-corrected chi connectivity index (χ0v) is 8.37. The minimum absolute atomic E-state index is 0.343. The first-order valence-corrected chi connectivity index (χ1v) is 4.19. The Bertz CT molecular complexity index is 318. The summed E-state index contributed by atoms with van der Waals surface area (Å²) in [6, 6.07) is 1.76. The highest BCUT2D eigenvalue weighted by Gasteiger charge is 1.97. The van der Waals surface area contributed by atoms with Gasteiger partial charge in [-0.2, -0.15) is 0 Å². The highest BCUT2D eigenvalue weighted by atomic mass is 79.9. The van der Waals surface area contributed by atoms with Crippen LogP contribution in [0.15, 0.2) is 26.3 Å². The molecule has 0 saturated carbocycles. The minimum atomic E-state index is 0.343. The van der Waals surface area contributed by atoms with Gasteiger partial charge in [0.15, 0.2) is 0 Å². The summed E-state index contributed by atoms with van der Waals surface area (Å²) in [7, 11) is 0. The van der Waals surface area contributed by atoms with Crippen LogP contribution in [0.4, 0.5) is 5.82 Å². The molecule has 1 rings (SSSR count). The van der Waals surface area contributed by atoms with Crippen LogP contribution in [0.2, 0.25) is 0 Å². The van der Waals surface area contributed by atoms with Gasteiger partial charge in [0.1, 0.15) is 5.82 Å². The molecule has 56 valence electrons. The summed E-state index contributed by atoms with van der Waals surface area (Å²) in [5.74, 6) is 0.343. The van der Waals surface area contributed by atoms with Crippen LogP contribution in [0.5, 0.6) is 0 Å². The predicted molar refractivity (Wildman–Crippen MR) is 48.4 cm³/mol. The van der Waals surface area contributed by atoms with Crippen molar-refractivity contribution in [2.75, 3.05) is 0 Å². The first-order valence-electron chi connectivity index (χ1n) is 2.60. The Kier molecular flexibility index (Phi) is 2.87. The maximum atomic E-state index is 8.10. The number of azide groups is 1. The fourth-order valence-electron chi connectivity index (χ4n) is 0.523. The van der Waals surface area contributed by atoms with E-state index in [1.165, 1.54) is 0 Å². The van der Waals surface area contributed by atoms with Crippen molar-refractivity contribution in [2.45, 2.75) is 0 Å². The Hall–Kier alpha value is -0.580. The summed E-state index contributed by atoms with van der Waals surface area (Å²) in [4.78, 5) is 6.47. The zero-order valence-electron chi connectivity index (χ0n) is 5.20. The van der Waals surface area contributed by atoms with Crippen molar-refractivity contribution >= 4 is 37.7 Å². The van der Waals surface area contributed by atoms with E-state index in [2.05, 4.69) is 46.9 Å². The number of hydrogen-bond acceptors (Lipinski definition) is 2. The van der Waals surface area contributed by atoms with E-state index in [-0.39, 0.29) is 0 Å². The molecule has 0 aliphatic carbocycles. The monoisotopic (exact) mass is 276 g/mol. The van der Waals surface area contributed by atoms with E-state index in [1.54, 1.807) is 12.3 Å². The molecule has 0 amide bonds. The van der Waals surface area contributed by atoms with Gasteiger partial charge >= 0.3 is 0 Å². The first-order chi connectivity index (χ1) is 5.24. The highest BCUT2D eigenvalue weighted by Crippen LogP contribution is 2.25. The van der Waals surface area contributed by atoms with Crippen LogP contribution in [-0.4, -0.2) is 4.98 Å². The molecule has 1 aromatic rings. The second-order valence-corrected chi connectivity index (χ2v) is 3.42. The van der Waals surface area contributed by atoms with Gasteiger partial charge in [-0.25, -0.2) is 0 Å². The maximum absolute atomic E-state index is 8.10. The molecular weight excluding hydrogens is 276 g/mol. The van der Waals surface area contributed by atoms with Gasteiger partial charge < -0.3 is 0 Å². The van der Waals surface area contributed by atoms with Crippen LogP contribution in [0.1, 0.15) is 0 Å². The Labute approximate surface area is 79.5 Å². The van der Waals surface area contributed by atoms with E-state index in [9.17, 15) is 0 Å². The Morgan fingerprint density at radius 3 is 2.82 bits per heavy atom. The number of rotatable bonds is 1. The van der Waals surface area contributed by atoms with Crippen molar-refractivity contribution in [1.82, 2.24) is 4.98 Å². The molecule has 0 N–H and O–H groups in total. The van der Waals surface area contributed by atoms with E-state index in [1.807, 2.05) is 0 Å². The standard InChI is InChI=1S/C5H2Br2N4/c6-3-1-4(7)5(9-2-3)10-11-8/h1-2H. The normalized spacial score (nSPS) is 8.91. The van der Waals surface area contributed by atoms with Crippen LogP contribution >= 0.6 is 31.9 Å². The van der Waals surface area contributed by atoms with Gasteiger partial charge in [-0.05, 0) is 48.6 Å². The molecule has 11 heavy (non-hydrogen) atoms. The average Bonchev–Trinajstić information content (AvgIpc) is 1.95. The van der Waals surface area contributed by atoms with Crippen molar-refractivity contribution in [3.63, 3.8) is 0 Å². The van der Waals surface area contributed by atoms with Crippen molar-refractivity contribution < 1.29 is 0 Å². The van der Waals surface area contributed by atoms with Gasteiger partial charge in [-0.1, -0.05) is 0 Å². The van der Waals surface area contributed by atoms with Gasteiger partial charge in [0, 0.05) is 20.1 Å². The van der Waals surface area contributed by atoms with Crippen molar-refractivity contribution in [3.8, 4) is 0 Å². The lowest BCUT2D eigenvalue weighted by Crippen LogP contribution is -1.74. The van der Waals surface area contributed by atoms with Crippen LogP contribution in [0.3, 0.4) is 0 Å². The maximum Gasteiger partial charge on any atom is 0.140 e. The molecule has 0 fully saturated rings. The topological polar surface area (TPSA) is 61.7 Å². The third-order valence-corrected chi connectivity index (χ3v) is 1.95. The SMILES string of the molecule is [N-]=[N+]=Nc1ncc(Br)cc1Br. The molecule has 6 heteroatoms. The predicted octanol–water partition coefficient (Wildman–Crippen LogP) is 3.55. The van der Waals surface area contributed by atoms with E-state index >= 15 is 0 Å². The molecule has 1 aromatic heterocycles. The Morgan fingerprint density at radius 1 is 1.55 bits per heavy atom. The fourth-order valence-corrected chi connectivity index (χ4v) is 1.59. The van der Waals surface area contributed by atoms with Crippen LogP contribution in [0.25, 0.3) is 10.4 Å². The summed E-state index contributed by atoms with van der Waals surface area (Å²) in [5.41, 5.74) is 8.10. The summed E-state index contributed by atoms with van der Waals surface area (Å²) < 4.78 is 1.51. The highest BCUT2D eigenvalue weighted by molar-refractivity contribution is 9.11. The first kappa shape index (κ1) is 8.52. The zero-order chi connectivity index (χ0) is 8.27. The van der Waals surface area contributed by atoms with E-state index < -0.39 is 0 Å². The lowest BCUT2D eigenvalue weighted by molar-refractivity contribution is 1.23. The smallest absolute Gasteiger partial charge is 0.140 e. The number of aromatic nitrogens is 1. The van der Waals surface area contributed by atoms with Gasteiger partial charge in [-0.15, -0.1) is 0 Å². The summed E-state index contributed by atoms with van der Waals surface area (Å²) in [6.07, 6.45) is 1.56. The van der Waals surface area contributed by atoms with E-state index in [4.69, 9.17) is 5.53 Å². The Balaban J connectivity index is 3.19. The number of hydrogen-bond donors (Lipinski definition) is 0. The van der Waals surface area contributed by atoms with Gasteiger partial charge in [0.2, 0.25) is 0 Å². The molecule has 0 aliphatic rings. The van der Waals surface area contributed by atoms with Gasteiger partial charge in [0.05, 0.1) is 0 Å². The number of halogens is 2. The van der Waals surface area contributed by atoms with Crippen LogP contribution < -0.4 is 0 Å². The molecule has 0 spiro atoms. The lowest BCUT2D eigenvalue weighted by Gasteiger charge is -1.94. The van der Waals surface area contributed by atoms with Gasteiger partial charge in [-0.3, -0.25) is 4.98 Å². The molecule has 0 unspecified atom stereocenters. The minimum Gasteiger partial charge on any atom is -0.252 e. The third-order valence-electron chi connectivity index (χ3n) is 0.928. The summed E-state index contributed by atoms with van der Waals surface area (Å²) in [5, 5.41) is 3.35. The number of nitrogens with zero attached hydrogens (tertiary/aromatic N) is 4. The quantitative estimate of drug-likeness (QED) is 0.440. The fraction of sp³-hybridized carbons (Fsp3) is 0. The van der Waals surface area contributed by atoms with E-state index in [0.717, 1.165) is 4.47 Å². The van der Waals surface area contributed by atoms with Crippen molar-refractivity contribution in [2.24, 2.45) is 5.11 Å². The third kappa shape index (κ3) is 2.18. The lowest BCUT2D eigenvalue weighted by atomic mass is 10.5. The van der Waals surface area contributed by atoms with Gasteiger partial charge in [0.25, 0.3) is 0 Å². The molecule has 0 aromatic carbocycles. The second-order valence-electron chi connectivity index (χ2n) is 1.65. The molecule has 0 atom stereocenters. The van der Waals surface area contributed by atoms with E-state index in [0.29, 0.717) is 10.3 Å². The Morgan fingerprint density at radius 2 is 2.27 bits per heavy atom. The molecule has 4 nitrogen and oxygen atoms in total. The van der Waals surface area contributed by atoms with Crippen molar-refractivity contribution in [1.29, 1.82) is 0 Å². The van der Waals surface area contributed by atoms with Crippen LogP contribution in [-0.2, 0) is 0 Å². The molecule has 0 radical (unpaired) electrons. The second kappa shape index (κ2) is 3.71. The molecular formula is C5H2Br2N4. The molecule has 0 saturated heterocycles. The average molecular weight is 278 g/mol. The number of pyridine rings is 1.